The van der Waals surface area contributed by atoms with Crippen LogP contribution >= 0.6 is 11.3 Å². The normalized spacial score (nSPS) is 18.2. The van der Waals surface area contributed by atoms with Crippen LogP contribution in [0.5, 0.6) is 0 Å². The molecule has 1 aliphatic rings. The first kappa shape index (κ1) is 15.0. The third-order valence-corrected chi connectivity index (χ3v) is 5.24. The molecular formula is C15H22N2O2S. The lowest BCUT2D eigenvalue weighted by Gasteiger charge is -2.41. The number of carbonyl (C=O) groups is 2. The zero-order valence-corrected chi connectivity index (χ0v) is 13.2. The lowest BCUT2D eigenvalue weighted by molar-refractivity contribution is -0.150. The number of thiophene rings is 1. The highest BCUT2D eigenvalue weighted by Gasteiger charge is 2.43. The summed E-state index contributed by atoms with van der Waals surface area (Å²) in [5, 5.41) is 2.88. The number of hydrogen-bond acceptors (Lipinski definition) is 3. The third-order valence-electron chi connectivity index (χ3n) is 4.03. The van der Waals surface area contributed by atoms with E-state index in [0.29, 0.717) is 19.4 Å². The van der Waals surface area contributed by atoms with Crippen LogP contribution in [0.2, 0.25) is 0 Å². The number of piperazine rings is 1. The summed E-state index contributed by atoms with van der Waals surface area (Å²) < 4.78 is 0. The van der Waals surface area contributed by atoms with Crippen molar-refractivity contribution in [2.75, 3.05) is 6.54 Å². The molecule has 1 saturated heterocycles. The third kappa shape index (κ3) is 2.73. The zero-order chi connectivity index (χ0) is 14.8. The van der Waals surface area contributed by atoms with Gasteiger partial charge in [-0.25, -0.2) is 0 Å². The molecule has 0 bridgehead atoms. The smallest absolute Gasteiger partial charge is 0.249 e. The van der Waals surface area contributed by atoms with Crippen molar-refractivity contribution in [2.45, 2.75) is 52.1 Å². The van der Waals surface area contributed by atoms with E-state index in [1.165, 1.54) is 4.88 Å². The van der Waals surface area contributed by atoms with Gasteiger partial charge in [0.2, 0.25) is 11.8 Å². The molecule has 2 amide bonds. The monoisotopic (exact) mass is 294 g/mol. The van der Waals surface area contributed by atoms with Gasteiger partial charge in [-0.3, -0.25) is 9.59 Å². The van der Waals surface area contributed by atoms with Gasteiger partial charge in [0.1, 0.15) is 12.1 Å². The molecule has 0 spiro atoms. The maximum atomic E-state index is 12.7. The molecule has 1 aliphatic heterocycles. The van der Waals surface area contributed by atoms with Gasteiger partial charge in [-0.15, -0.1) is 11.3 Å². The van der Waals surface area contributed by atoms with Gasteiger partial charge in [0.15, 0.2) is 0 Å². The van der Waals surface area contributed by atoms with Crippen molar-refractivity contribution in [3.8, 4) is 0 Å². The van der Waals surface area contributed by atoms with E-state index in [4.69, 9.17) is 0 Å². The van der Waals surface area contributed by atoms with Gasteiger partial charge in [-0.2, -0.15) is 0 Å². The average molecular weight is 294 g/mol. The van der Waals surface area contributed by atoms with E-state index in [-0.39, 0.29) is 18.4 Å². The number of rotatable bonds is 5. The summed E-state index contributed by atoms with van der Waals surface area (Å²) in [5.74, 6) is -0.00544. The van der Waals surface area contributed by atoms with Gasteiger partial charge in [0.05, 0.1) is 6.54 Å². The highest BCUT2D eigenvalue weighted by Crippen LogP contribution is 2.25. The molecule has 0 radical (unpaired) electrons. The van der Waals surface area contributed by atoms with E-state index < -0.39 is 5.54 Å². The summed E-state index contributed by atoms with van der Waals surface area (Å²) in [5.41, 5.74) is -0.708. The van der Waals surface area contributed by atoms with Crippen molar-refractivity contribution in [2.24, 2.45) is 0 Å². The maximum Gasteiger partial charge on any atom is 0.249 e. The maximum absolute atomic E-state index is 12.7. The number of nitrogens with zero attached hydrogens (tertiary/aromatic N) is 1. The molecule has 1 aromatic heterocycles. The molecule has 1 N–H and O–H groups in total. The van der Waals surface area contributed by atoms with Crippen LogP contribution < -0.4 is 5.32 Å². The summed E-state index contributed by atoms with van der Waals surface area (Å²) in [4.78, 5) is 28.7. The van der Waals surface area contributed by atoms with Crippen LogP contribution in [-0.4, -0.2) is 28.8 Å². The molecule has 0 unspecified atom stereocenters. The number of nitrogens with one attached hydrogen (secondary N) is 1. The van der Waals surface area contributed by atoms with Gasteiger partial charge in [0, 0.05) is 9.75 Å². The minimum absolute atomic E-state index is 0.0496. The van der Waals surface area contributed by atoms with E-state index >= 15 is 0 Å². The fourth-order valence-corrected chi connectivity index (χ4v) is 3.62. The van der Waals surface area contributed by atoms with Gasteiger partial charge >= 0.3 is 0 Å². The van der Waals surface area contributed by atoms with Crippen LogP contribution in [0.3, 0.4) is 0 Å². The van der Waals surface area contributed by atoms with Gasteiger partial charge in [0.25, 0.3) is 0 Å². The van der Waals surface area contributed by atoms with Crippen molar-refractivity contribution < 1.29 is 9.59 Å². The highest BCUT2D eigenvalue weighted by molar-refractivity contribution is 7.11. The molecular weight excluding hydrogens is 272 g/mol. The lowest BCUT2D eigenvalue weighted by Crippen LogP contribution is -2.65. The summed E-state index contributed by atoms with van der Waals surface area (Å²) in [6, 6.07) is 4.16. The minimum atomic E-state index is -0.708. The second kappa shape index (κ2) is 5.95. The Morgan fingerprint density at radius 1 is 1.20 bits per heavy atom. The Labute approximate surface area is 124 Å². The van der Waals surface area contributed by atoms with Crippen molar-refractivity contribution in [1.82, 2.24) is 10.2 Å². The van der Waals surface area contributed by atoms with Crippen molar-refractivity contribution in [1.29, 1.82) is 0 Å². The topological polar surface area (TPSA) is 49.4 Å². The Bertz CT molecular complexity index is 506. The van der Waals surface area contributed by atoms with Crippen LogP contribution in [0.15, 0.2) is 12.1 Å². The molecule has 1 fully saturated rings. The molecule has 110 valence electrons. The summed E-state index contributed by atoms with van der Waals surface area (Å²) in [7, 11) is 0. The van der Waals surface area contributed by atoms with Crippen LogP contribution in [0, 0.1) is 0 Å². The number of amides is 2. The van der Waals surface area contributed by atoms with Crippen molar-refractivity contribution >= 4 is 23.2 Å². The average Bonchev–Trinajstić information content (AvgIpc) is 2.90. The van der Waals surface area contributed by atoms with E-state index in [0.717, 1.165) is 11.3 Å². The summed E-state index contributed by atoms with van der Waals surface area (Å²) in [6.07, 6.45) is 2.28. The Balaban J connectivity index is 2.18. The molecule has 20 heavy (non-hydrogen) atoms. The highest BCUT2D eigenvalue weighted by atomic mass is 32.1. The molecule has 5 heteroatoms. The van der Waals surface area contributed by atoms with Crippen molar-refractivity contribution in [3.05, 3.63) is 21.9 Å². The zero-order valence-electron chi connectivity index (χ0n) is 12.4. The summed E-state index contributed by atoms with van der Waals surface area (Å²) >= 11 is 1.72. The van der Waals surface area contributed by atoms with E-state index in [9.17, 15) is 9.59 Å². The van der Waals surface area contributed by atoms with Crippen LogP contribution in [0.1, 0.15) is 43.4 Å². The van der Waals surface area contributed by atoms with Gasteiger partial charge < -0.3 is 10.2 Å². The first-order chi connectivity index (χ1) is 9.54. The molecule has 0 saturated carbocycles. The largest absolute Gasteiger partial charge is 0.340 e. The quantitative estimate of drug-likeness (QED) is 0.906. The number of aryl methyl sites for hydroxylation is 1. The summed E-state index contributed by atoms with van der Waals surface area (Å²) in [6.45, 7) is 6.73. The standard InChI is InChI=1S/C15H22N2O2S/c1-4-11-7-8-12(20-11)9-17-10-13(18)16-15(5-2,6-3)14(17)19/h7-8H,4-6,9-10H2,1-3H3,(H,16,18). The minimum Gasteiger partial charge on any atom is -0.340 e. The molecule has 1 aromatic rings. The first-order valence-corrected chi connectivity index (χ1v) is 8.04. The fraction of sp³-hybridized carbons (Fsp3) is 0.600. The Morgan fingerprint density at radius 2 is 1.85 bits per heavy atom. The second-order valence-electron chi connectivity index (χ2n) is 5.22. The predicted molar refractivity (Wildman–Crippen MR) is 80.6 cm³/mol. The Kier molecular flexibility index (Phi) is 4.48. The molecule has 0 aromatic carbocycles. The molecule has 0 atom stereocenters. The van der Waals surface area contributed by atoms with Gasteiger partial charge in [-0.1, -0.05) is 20.8 Å². The fourth-order valence-electron chi connectivity index (χ4n) is 2.65. The van der Waals surface area contributed by atoms with Crippen LogP contribution in [-0.2, 0) is 22.6 Å². The lowest BCUT2D eigenvalue weighted by atomic mass is 9.89. The van der Waals surface area contributed by atoms with E-state index in [1.54, 1.807) is 16.2 Å². The van der Waals surface area contributed by atoms with E-state index in [1.807, 2.05) is 13.8 Å². The van der Waals surface area contributed by atoms with Crippen LogP contribution in [0.4, 0.5) is 0 Å². The predicted octanol–water partition coefficient (Wildman–Crippen LogP) is 2.33. The molecule has 4 nitrogen and oxygen atoms in total. The SMILES string of the molecule is CCc1ccc(CN2CC(=O)NC(CC)(CC)C2=O)s1. The first-order valence-electron chi connectivity index (χ1n) is 7.22. The molecule has 2 rings (SSSR count). The number of hydrogen-bond donors (Lipinski definition) is 1. The van der Waals surface area contributed by atoms with Gasteiger partial charge in [-0.05, 0) is 31.4 Å². The Morgan fingerprint density at radius 3 is 2.40 bits per heavy atom. The van der Waals surface area contributed by atoms with E-state index in [2.05, 4.69) is 24.4 Å². The second-order valence-corrected chi connectivity index (χ2v) is 6.47. The van der Waals surface area contributed by atoms with Crippen molar-refractivity contribution in [3.63, 3.8) is 0 Å². The molecule has 2 heterocycles. The number of carbonyl (C=O) groups excluding carboxylic acids is 2. The molecule has 0 aliphatic carbocycles. The Hall–Kier alpha value is -1.36. The van der Waals surface area contributed by atoms with Crippen LogP contribution in [0.25, 0.3) is 0 Å².